The number of para-hydroxylation sites is 1. The molecule has 2 aromatic rings. The van der Waals surface area contributed by atoms with Gasteiger partial charge in [-0.3, -0.25) is 9.59 Å². The van der Waals surface area contributed by atoms with Gasteiger partial charge < -0.3 is 20.1 Å². The summed E-state index contributed by atoms with van der Waals surface area (Å²) in [5, 5.41) is 5.20. The molecule has 6 heteroatoms. The van der Waals surface area contributed by atoms with E-state index in [1.807, 2.05) is 25.1 Å². The largest absolute Gasteiger partial charge is 0.486 e. The lowest BCUT2D eigenvalue weighted by Crippen LogP contribution is -2.29. The molecule has 0 aliphatic carbocycles. The van der Waals surface area contributed by atoms with Crippen molar-refractivity contribution < 1.29 is 19.1 Å². The number of amides is 2. The third-order valence-electron chi connectivity index (χ3n) is 3.65. The van der Waals surface area contributed by atoms with E-state index in [0.717, 1.165) is 12.0 Å². The first-order chi connectivity index (χ1) is 11.7. The lowest BCUT2D eigenvalue weighted by molar-refractivity contribution is -0.133. The van der Waals surface area contributed by atoms with Gasteiger partial charge in [-0.05, 0) is 30.2 Å². The Balaban J connectivity index is 1.67. The van der Waals surface area contributed by atoms with Gasteiger partial charge in [-0.15, -0.1) is 0 Å². The van der Waals surface area contributed by atoms with Gasteiger partial charge in [0.2, 0.25) is 0 Å². The van der Waals surface area contributed by atoms with Gasteiger partial charge in [0.1, 0.15) is 13.2 Å². The predicted octanol–water partition coefficient (Wildman–Crippen LogP) is 2.60. The molecule has 2 aromatic carbocycles. The summed E-state index contributed by atoms with van der Waals surface area (Å²) in [6.45, 7) is 2.94. The van der Waals surface area contributed by atoms with Crippen molar-refractivity contribution in [1.82, 2.24) is 0 Å². The molecule has 6 nitrogen and oxygen atoms in total. The van der Waals surface area contributed by atoms with Crippen LogP contribution in [0.1, 0.15) is 12.5 Å². The highest BCUT2D eigenvalue weighted by Gasteiger charge is 2.17. The standard InChI is InChI=1S/C18H18N2O4/c1-2-12-5-3-4-6-14(12)20-18(22)17(21)19-13-7-8-15-16(11-13)24-10-9-23-15/h3-8,11H,2,9-10H2,1H3,(H,19,21)(H,20,22). The molecule has 1 heterocycles. The van der Waals surface area contributed by atoms with Crippen LogP contribution in [-0.4, -0.2) is 25.0 Å². The van der Waals surface area contributed by atoms with Crippen LogP contribution < -0.4 is 20.1 Å². The molecule has 2 N–H and O–H groups in total. The van der Waals surface area contributed by atoms with Crippen LogP contribution in [0.25, 0.3) is 0 Å². The number of rotatable bonds is 3. The molecular formula is C18H18N2O4. The van der Waals surface area contributed by atoms with Crippen LogP contribution in [0.5, 0.6) is 11.5 Å². The lowest BCUT2D eigenvalue weighted by atomic mass is 10.1. The summed E-state index contributed by atoms with van der Waals surface area (Å²) in [6.07, 6.45) is 0.764. The number of fused-ring (bicyclic) bond motifs is 1. The molecular weight excluding hydrogens is 308 g/mol. The Morgan fingerprint density at radius 3 is 2.46 bits per heavy atom. The Morgan fingerprint density at radius 1 is 0.958 bits per heavy atom. The molecule has 3 rings (SSSR count). The second kappa shape index (κ2) is 7.04. The van der Waals surface area contributed by atoms with E-state index in [1.54, 1.807) is 24.3 Å². The Hall–Kier alpha value is -3.02. The van der Waals surface area contributed by atoms with Crippen LogP contribution in [0.2, 0.25) is 0 Å². The van der Waals surface area contributed by atoms with E-state index in [9.17, 15) is 9.59 Å². The first kappa shape index (κ1) is 15.9. The second-order valence-electron chi connectivity index (χ2n) is 5.28. The maximum Gasteiger partial charge on any atom is 0.314 e. The monoisotopic (exact) mass is 326 g/mol. The zero-order valence-corrected chi connectivity index (χ0v) is 13.3. The van der Waals surface area contributed by atoms with Crippen molar-refractivity contribution in [2.75, 3.05) is 23.8 Å². The third-order valence-corrected chi connectivity index (χ3v) is 3.65. The van der Waals surface area contributed by atoms with Crippen LogP contribution in [-0.2, 0) is 16.0 Å². The van der Waals surface area contributed by atoms with E-state index in [4.69, 9.17) is 9.47 Å². The smallest absolute Gasteiger partial charge is 0.314 e. The van der Waals surface area contributed by atoms with E-state index < -0.39 is 11.8 Å². The Morgan fingerprint density at radius 2 is 1.67 bits per heavy atom. The highest BCUT2D eigenvalue weighted by Crippen LogP contribution is 2.32. The van der Waals surface area contributed by atoms with Gasteiger partial charge in [0.05, 0.1) is 0 Å². The number of anilines is 2. The molecule has 0 unspecified atom stereocenters. The molecule has 24 heavy (non-hydrogen) atoms. The summed E-state index contributed by atoms with van der Waals surface area (Å²) in [6, 6.07) is 12.4. The average Bonchev–Trinajstić information content (AvgIpc) is 2.62. The second-order valence-corrected chi connectivity index (χ2v) is 5.28. The van der Waals surface area contributed by atoms with E-state index in [0.29, 0.717) is 36.1 Å². The van der Waals surface area contributed by atoms with Crippen molar-refractivity contribution in [3.63, 3.8) is 0 Å². The molecule has 0 atom stereocenters. The first-order valence-electron chi connectivity index (χ1n) is 7.77. The maximum absolute atomic E-state index is 12.1. The Kier molecular flexibility index (Phi) is 4.65. The van der Waals surface area contributed by atoms with Crippen molar-refractivity contribution in [3.8, 4) is 11.5 Å². The predicted molar refractivity (Wildman–Crippen MR) is 90.5 cm³/mol. The number of hydrogen-bond donors (Lipinski definition) is 2. The molecule has 1 aliphatic heterocycles. The van der Waals surface area contributed by atoms with E-state index >= 15 is 0 Å². The van der Waals surface area contributed by atoms with Gasteiger partial charge in [-0.1, -0.05) is 25.1 Å². The molecule has 0 aromatic heterocycles. The topological polar surface area (TPSA) is 76.7 Å². The molecule has 1 aliphatic rings. The number of benzene rings is 2. The molecule has 124 valence electrons. The fraction of sp³-hybridized carbons (Fsp3) is 0.222. The zero-order valence-electron chi connectivity index (χ0n) is 13.3. The zero-order chi connectivity index (χ0) is 16.9. The number of aryl methyl sites for hydroxylation is 1. The minimum atomic E-state index is -0.738. The van der Waals surface area contributed by atoms with Crippen LogP contribution in [0.4, 0.5) is 11.4 Å². The van der Waals surface area contributed by atoms with Gasteiger partial charge in [0.25, 0.3) is 0 Å². The molecule has 2 amide bonds. The number of nitrogens with one attached hydrogen (secondary N) is 2. The SMILES string of the molecule is CCc1ccccc1NC(=O)C(=O)Nc1ccc2c(c1)OCCO2. The Labute approximate surface area is 139 Å². The summed E-state index contributed by atoms with van der Waals surface area (Å²) < 4.78 is 10.9. The number of hydrogen-bond acceptors (Lipinski definition) is 4. The average molecular weight is 326 g/mol. The lowest BCUT2D eigenvalue weighted by Gasteiger charge is -2.19. The van der Waals surface area contributed by atoms with Crippen LogP contribution in [0, 0.1) is 0 Å². The number of carbonyl (C=O) groups excluding carboxylic acids is 2. The van der Waals surface area contributed by atoms with E-state index in [2.05, 4.69) is 10.6 Å². The van der Waals surface area contributed by atoms with Gasteiger partial charge in [0, 0.05) is 17.4 Å². The van der Waals surface area contributed by atoms with Crippen molar-refractivity contribution >= 4 is 23.2 Å². The molecule has 0 bridgehead atoms. The van der Waals surface area contributed by atoms with Crippen molar-refractivity contribution in [3.05, 3.63) is 48.0 Å². The molecule has 0 saturated heterocycles. The molecule has 0 fully saturated rings. The van der Waals surface area contributed by atoms with Crippen LogP contribution in [0.3, 0.4) is 0 Å². The van der Waals surface area contributed by atoms with Crippen molar-refractivity contribution in [2.24, 2.45) is 0 Å². The van der Waals surface area contributed by atoms with Gasteiger partial charge in [0.15, 0.2) is 11.5 Å². The fourth-order valence-corrected chi connectivity index (χ4v) is 2.44. The van der Waals surface area contributed by atoms with E-state index in [-0.39, 0.29) is 0 Å². The number of ether oxygens (including phenoxy) is 2. The normalized spacial score (nSPS) is 12.4. The highest BCUT2D eigenvalue weighted by molar-refractivity contribution is 6.43. The highest BCUT2D eigenvalue weighted by atomic mass is 16.6. The van der Waals surface area contributed by atoms with Crippen molar-refractivity contribution in [2.45, 2.75) is 13.3 Å². The number of carbonyl (C=O) groups is 2. The Bertz CT molecular complexity index is 773. The third kappa shape index (κ3) is 3.48. The van der Waals surface area contributed by atoms with Gasteiger partial charge >= 0.3 is 11.8 Å². The summed E-state index contributed by atoms with van der Waals surface area (Å²) in [5.41, 5.74) is 2.09. The maximum atomic E-state index is 12.1. The van der Waals surface area contributed by atoms with Crippen LogP contribution >= 0.6 is 0 Å². The van der Waals surface area contributed by atoms with Gasteiger partial charge in [-0.25, -0.2) is 0 Å². The van der Waals surface area contributed by atoms with Crippen LogP contribution in [0.15, 0.2) is 42.5 Å². The quantitative estimate of drug-likeness (QED) is 0.850. The minimum Gasteiger partial charge on any atom is -0.486 e. The van der Waals surface area contributed by atoms with Gasteiger partial charge in [-0.2, -0.15) is 0 Å². The summed E-state index contributed by atoms with van der Waals surface area (Å²) in [4.78, 5) is 24.2. The summed E-state index contributed by atoms with van der Waals surface area (Å²) in [5.74, 6) is -0.278. The first-order valence-corrected chi connectivity index (χ1v) is 7.77. The van der Waals surface area contributed by atoms with Crippen molar-refractivity contribution in [1.29, 1.82) is 0 Å². The van der Waals surface area contributed by atoms with E-state index in [1.165, 1.54) is 0 Å². The molecule has 0 saturated carbocycles. The molecule has 0 spiro atoms. The summed E-state index contributed by atoms with van der Waals surface area (Å²) >= 11 is 0. The minimum absolute atomic E-state index is 0.457. The molecule has 0 radical (unpaired) electrons. The summed E-state index contributed by atoms with van der Waals surface area (Å²) in [7, 11) is 0. The fourth-order valence-electron chi connectivity index (χ4n) is 2.44.